The Balaban J connectivity index is 1.92. The third-order valence-electron chi connectivity index (χ3n) is 5.06. The highest BCUT2D eigenvalue weighted by molar-refractivity contribution is 9.10. The molecule has 10 heteroatoms. The molecule has 0 aliphatic heterocycles. The number of allylic oxidation sites excluding steroid dienone is 1. The fraction of sp³-hybridized carbons (Fsp3) is 0.0833. The van der Waals surface area contributed by atoms with Crippen molar-refractivity contribution in [3.05, 3.63) is 88.2 Å². The molecule has 3 aromatic carbocycles. The molecule has 0 saturated heterocycles. The highest BCUT2D eigenvalue weighted by Gasteiger charge is 2.19. The minimum atomic E-state index is -3.94. The van der Waals surface area contributed by atoms with Crippen LogP contribution in [0, 0.1) is 5.41 Å². The van der Waals surface area contributed by atoms with Crippen LogP contribution in [-0.2, 0) is 14.8 Å². The molecular formula is C24H22BrFN4O3S. The Morgan fingerprint density at radius 2 is 1.74 bits per heavy atom. The van der Waals surface area contributed by atoms with Crippen LogP contribution in [0.25, 0.3) is 16.7 Å². The van der Waals surface area contributed by atoms with Gasteiger partial charge in [0.25, 0.3) is 5.91 Å². The first kappa shape index (κ1) is 25.3. The van der Waals surface area contributed by atoms with E-state index in [2.05, 4.69) is 21.2 Å². The quantitative estimate of drug-likeness (QED) is 0.193. The molecular weight excluding hydrogens is 523 g/mol. The summed E-state index contributed by atoms with van der Waals surface area (Å²) in [4.78, 5) is 12.6. The number of nitrogens with two attached hydrogens (primary N) is 2. The molecule has 7 nitrogen and oxygen atoms in total. The average Bonchev–Trinajstić information content (AvgIpc) is 2.80. The van der Waals surface area contributed by atoms with Crippen LogP contribution in [0.4, 0.5) is 10.1 Å². The number of hydrogen-bond donors (Lipinski definition) is 4. The summed E-state index contributed by atoms with van der Waals surface area (Å²) in [5.41, 5.74) is 7.81. The van der Waals surface area contributed by atoms with E-state index in [0.29, 0.717) is 32.4 Å². The monoisotopic (exact) mass is 544 g/mol. The van der Waals surface area contributed by atoms with E-state index in [1.54, 1.807) is 61.5 Å². The Morgan fingerprint density at radius 1 is 1.06 bits per heavy atom. The maximum atomic E-state index is 15.1. The van der Waals surface area contributed by atoms with E-state index in [1.165, 1.54) is 12.1 Å². The second-order valence-electron chi connectivity index (χ2n) is 7.33. The van der Waals surface area contributed by atoms with E-state index in [9.17, 15) is 13.2 Å². The summed E-state index contributed by atoms with van der Waals surface area (Å²) in [6, 6.07) is 17.5. The molecule has 0 heterocycles. The summed E-state index contributed by atoms with van der Waals surface area (Å²) < 4.78 is 39.4. The molecule has 0 spiro atoms. The highest BCUT2D eigenvalue weighted by Crippen LogP contribution is 2.33. The summed E-state index contributed by atoms with van der Waals surface area (Å²) in [7, 11) is -3.94. The van der Waals surface area contributed by atoms with E-state index >= 15 is 4.39 Å². The minimum absolute atomic E-state index is 0.0342. The van der Waals surface area contributed by atoms with Gasteiger partial charge in [0, 0.05) is 21.2 Å². The molecule has 6 N–H and O–H groups in total. The van der Waals surface area contributed by atoms with Crippen LogP contribution in [0.3, 0.4) is 0 Å². The molecule has 3 rings (SSSR count). The zero-order valence-corrected chi connectivity index (χ0v) is 20.5. The number of sulfonamides is 1. The minimum Gasteiger partial charge on any atom is -0.384 e. The molecule has 1 amide bonds. The van der Waals surface area contributed by atoms with Crippen LogP contribution in [0.2, 0.25) is 0 Å². The summed E-state index contributed by atoms with van der Waals surface area (Å²) >= 11 is 3.35. The van der Waals surface area contributed by atoms with Crippen molar-refractivity contribution in [2.45, 2.75) is 18.2 Å². The van der Waals surface area contributed by atoms with Crippen molar-refractivity contribution in [2.24, 2.45) is 10.9 Å². The molecule has 0 unspecified atom stereocenters. The Morgan fingerprint density at radius 3 is 2.35 bits per heavy atom. The van der Waals surface area contributed by atoms with Gasteiger partial charge in [0.1, 0.15) is 5.84 Å². The predicted molar refractivity (Wildman–Crippen MR) is 135 cm³/mol. The third-order valence-corrected chi connectivity index (χ3v) is 6.69. The van der Waals surface area contributed by atoms with Crippen LogP contribution in [0.1, 0.15) is 24.5 Å². The van der Waals surface area contributed by atoms with Gasteiger partial charge >= 0.3 is 0 Å². The molecule has 0 atom stereocenters. The Bertz CT molecular complexity index is 1420. The molecule has 0 fully saturated rings. The standard InChI is InChI=1S/C24H22BrFN4O3S/c1-2-17(14-6-5-7-16(12-14)23(27)28)22(26)24(31)30-20-11-10-15(13-19(20)25)18-8-3-4-9-21(18)34(29,32)33/h3-13H,2H2,1H3,(H3,27,28)(H,30,31)(H2,29,32,33)/b22-17+. The van der Waals surface area contributed by atoms with Crippen LogP contribution < -0.4 is 16.2 Å². The number of halogens is 2. The third kappa shape index (κ3) is 5.58. The Hall–Kier alpha value is -3.34. The number of hydrogen-bond acceptors (Lipinski definition) is 4. The van der Waals surface area contributed by atoms with E-state index in [-0.39, 0.29) is 22.7 Å². The summed E-state index contributed by atoms with van der Waals surface area (Å²) in [6.07, 6.45) is 0.241. The number of carbonyl (C=O) groups is 1. The fourth-order valence-corrected chi connectivity index (χ4v) is 4.65. The van der Waals surface area contributed by atoms with Gasteiger partial charge in [-0.3, -0.25) is 10.2 Å². The molecule has 0 aliphatic carbocycles. The number of amidine groups is 1. The smallest absolute Gasteiger partial charge is 0.284 e. The number of carbonyl (C=O) groups excluding carboxylic acids is 1. The topological polar surface area (TPSA) is 139 Å². The second-order valence-corrected chi connectivity index (χ2v) is 9.71. The first-order chi connectivity index (χ1) is 16.0. The van der Waals surface area contributed by atoms with Gasteiger partial charge in [-0.1, -0.05) is 49.4 Å². The molecule has 0 aliphatic rings. The van der Waals surface area contributed by atoms with Gasteiger partial charge in [0.15, 0.2) is 5.83 Å². The summed E-state index contributed by atoms with van der Waals surface area (Å²) in [5.74, 6) is -2.06. The van der Waals surface area contributed by atoms with E-state index in [4.69, 9.17) is 16.3 Å². The van der Waals surface area contributed by atoms with Crippen LogP contribution in [0.5, 0.6) is 0 Å². The van der Waals surface area contributed by atoms with E-state index < -0.39 is 21.8 Å². The van der Waals surface area contributed by atoms with Crippen molar-refractivity contribution < 1.29 is 17.6 Å². The molecule has 176 valence electrons. The molecule has 0 radical (unpaired) electrons. The van der Waals surface area contributed by atoms with Crippen molar-refractivity contribution in [1.82, 2.24) is 0 Å². The lowest BCUT2D eigenvalue weighted by atomic mass is 9.99. The van der Waals surface area contributed by atoms with Gasteiger partial charge in [-0.2, -0.15) is 0 Å². The van der Waals surface area contributed by atoms with Crippen molar-refractivity contribution in [1.29, 1.82) is 5.41 Å². The summed E-state index contributed by atoms with van der Waals surface area (Å²) in [5, 5.41) is 15.4. The fourth-order valence-electron chi connectivity index (χ4n) is 3.41. The lowest BCUT2D eigenvalue weighted by molar-refractivity contribution is -0.114. The van der Waals surface area contributed by atoms with E-state index in [0.717, 1.165) is 0 Å². The predicted octanol–water partition coefficient (Wildman–Crippen LogP) is 4.78. The number of anilines is 1. The maximum absolute atomic E-state index is 15.1. The molecule has 3 aromatic rings. The number of benzene rings is 3. The SMILES string of the molecule is CC/C(=C(\F)C(=O)Nc1ccc(-c2ccccc2S(N)(=O)=O)cc1Br)c1cccc(C(=N)N)c1. The van der Waals surface area contributed by atoms with Crippen molar-refractivity contribution in [2.75, 3.05) is 5.32 Å². The Labute approximate surface area is 205 Å². The van der Waals surface area contributed by atoms with Crippen molar-refractivity contribution in [3.63, 3.8) is 0 Å². The normalized spacial score (nSPS) is 12.1. The zero-order valence-electron chi connectivity index (χ0n) is 18.1. The Kier molecular flexibility index (Phi) is 7.65. The first-order valence-corrected chi connectivity index (χ1v) is 12.4. The van der Waals surface area contributed by atoms with Crippen molar-refractivity contribution >= 4 is 49.0 Å². The van der Waals surface area contributed by atoms with Gasteiger partial charge in [0.2, 0.25) is 10.0 Å². The highest BCUT2D eigenvalue weighted by atomic mass is 79.9. The summed E-state index contributed by atoms with van der Waals surface area (Å²) in [6.45, 7) is 1.72. The maximum Gasteiger partial charge on any atom is 0.284 e. The van der Waals surface area contributed by atoms with Gasteiger partial charge in [0.05, 0.1) is 10.6 Å². The van der Waals surface area contributed by atoms with Crippen LogP contribution >= 0.6 is 15.9 Å². The van der Waals surface area contributed by atoms with Gasteiger partial charge < -0.3 is 11.1 Å². The largest absolute Gasteiger partial charge is 0.384 e. The zero-order chi connectivity index (χ0) is 25.0. The van der Waals surface area contributed by atoms with Gasteiger partial charge in [-0.15, -0.1) is 0 Å². The number of amides is 1. The molecule has 34 heavy (non-hydrogen) atoms. The first-order valence-electron chi connectivity index (χ1n) is 10.1. The lowest BCUT2D eigenvalue weighted by Crippen LogP contribution is -2.15. The van der Waals surface area contributed by atoms with Crippen molar-refractivity contribution in [3.8, 4) is 11.1 Å². The lowest BCUT2D eigenvalue weighted by Gasteiger charge is -2.13. The molecule has 0 bridgehead atoms. The number of primary sulfonamides is 1. The van der Waals surface area contributed by atoms with Gasteiger partial charge in [-0.25, -0.2) is 17.9 Å². The molecule has 0 aromatic heterocycles. The van der Waals surface area contributed by atoms with Gasteiger partial charge in [-0.05, 0) is 57.7 Å². The average molecular weight is 545 g/mol. The van der Waals surface area contributed by atoms with E-state index in [1.807, 2.05) is 0 Å². The van der Waals surface area contributed by atoms with Crippen LogP contribution in [-0.4, -0.2) is 20.2 Å². The van der Waals surface area contributed by atoms with Crippen LogP contribution in [0.15, 0.2) is 81.9 Å². The number of rotatable bonds is 7. The number of nitrogen functional groups attached to an aromatic ring is 1. The molecule has 0 saturated carbocycles. The second kappa shape index (κ2) is 10.3. The number of nitrogens with one attached hydrogen (secondary N) is 2.